The van der Waals surface area contributed by atoms with Crippen LogP contribution in [0.4, 0.5) is 0 Å². The summed E-state index contributed by atoms with van der Waals surface area (Å²) in [5.74, 6) is 0. The molecule has 5 heteroatoms. The van der Waals surface area contributed by atoms with Crippen molar-refractivity contribution < 1.29 is 5.11 Å². The lowest BCUT2D eigenvalue weighted by molar-refractivity contribution is 0.190. The van der Waals surface area contributed by atoms with Gasteiger partial charge in [-0.2, -0.15) is 5.10 Å². The van der Waals surface area contributed by atoms with Crippen molar-refractivity contribution in [3.63, 3.8) is 0 Å². The third-order valence-electron chi connectivity index (χ3n) is 2.61. The molecule has 0 fully saturated rings. The van der Waals surface area contributed by atoms with E-state index in [1.165, 1.54) is 0 Å². The van der Waals surface area contributed by atoms with Gasteiger partial charge in [-0.25, -0.2) is 0 Å². The fourth-order valence-corrected chi connectivity index (χ4v) is 2.04. The molecule has 0 atom stereocenters. The summed E-state index contributed by atoms with van der Waals surface area (Å²) in [5, 5.41) is 14.0. The SMILES string of the molecule is CCCN(CCO)Cc1c(C)nn(C)c1Cl. The Hall–Kier alpha value is -0.580. The standard InChI is InChI=1S/C11H20ClN3O/c1-4-5-15(6-7-16)8-10-9(2)13-14(3)11(10)12/h16H,4-8H2,1-3H3. The van der Waals surface area contributed by atoms with Gasteiger partial charge in [-0.3, -0.25) is 9.58 Å². The summed E-state index contributed by atoms with van der Waals surface area (Å²) in [5.41, 5.74) is 2.03. The first-order valence-corrected chi connectivity index (χ1v) is 5.99. The van der Waals surface area contributed by atoms with Gasteiger partial charge in [-0.1, -0.05) is 18.5 Å². The van der Waals surface area contributed by atoms with E-state index in [2.05, 4.69) is 16.9 Å². The lowest BCUT2D eigenvalue weighted by atomic mass is 10.2. The second-order valence-corrected chi connectivity index (χ2v) is 4.34. The topological polar surface area (TPSA) is 41.3 Å². The molecule has 0 saturated heterocycles. The Morgan fingerprint density at radius 1 is 1.44 bits per heavy atom. The van der Waals surface area contributed by atoms with Crippen LogP contribution in [0.1, 0.15) is 24.6 Å². The molecule has 1 aromatic heterocycles. The Morgan fingerprint density at radius 3 is 2.56 bits per heavy atom. The maximum atomic E-state index is 8.99. The fourth-order valence-electron chi connectivity index (χ4n) is 1.80. The highest BCUT2D eigenvalue weighted by Gasteiger charge is 2.14. The van der Waals surface area contributed by atoms with Gasteiger partial charge >= 0.3 is 0 Å². The molecule has 0 saturated carbocycles. The molecule has 0 aliphatic carbocycles. The molecule has 0 bridgehead atoms. The molecule has 0 unspecified atom stereocenters. The summed E-state index contributed by atoms with van der Waals surface area (Å²) < 4.78 is 1.69. The normalized spacial score (nSPS) is 11.4. The Morgan fingerprint density at radius 2 is 2.12 bits per heavy atom. The summed E-state index contributed by atoms with van der Waals surface area (Å²) in [4.78, 5) is 2.19. The van der Waals surface area contributed by atoms with Crippen molar-refractivity contribution in [1.82, 2.24) is 14.7 Å². The van der Waals surface area contributed by atoms with Gasteiger partial charge in [-0.15, -0.1) is 0 Å². The molecular formula is C11H20ClN3O. The number of halogens is 1. The van der Waals surface area contributed by atoms with Crippen molar-refractivity contribution in [3.8, 4) is 0 Å². The molecule has 0 radical (unpaired) electrons. The lowest BCUT2D eigenvalue weighted by Gasteiger charge is -2.20. The Kier molecular flexibility index (Phi) is 5.25. The molecule has 0 aromatic carbocycles. The van der Waals surface area contributed by atoms with Gasteiger partial charge in [0.2, 0.25) is 0 Å². The molecule has 1 rings (SSSR count). The maximum Gasteiger partial charge on any atom is 0.131 e. The first-order valence-electron chi connectivity index (χ1n) is 5.61. The lowest BCUT2D eigenvalue weighted by Crippen LogP contribution is -2.27. The summed E-state index contributed by atoms with van der Waals surface area (Å²) in [7, 11) is 1.84. The summed E-state index contributed by atoms with van der Waals surface area (Å²) in [6.45, 7) is 6.67. The number of aliphatic hydroxyl groups is 1. The summed E-state index contributed by atoms with van der Waals surface area (Å²) >= 11 is 6.17. The molecular weight excluding hydrogens is 226 g/mol. The number of hydrogen-bond acceptors (Lipinski definition) is 3. The van der Waals surface area contributed by atoms with Crippen LogP contribution in [0.3, 0.4) is 0 Å². The molecule has 4 nitrogen and oxygen atoms in total. The average molecular weight is 246 g/mol. The molecule has 16 heavy (non-hydrogen) atoms. The maximum absolute atomic E-state index is 8.99. The van der Waals surface area contributed by atoms with Crippen LogP contribution in [0.5, 0.6) is 0 Å². The second kappa shape index (κ2) is 6.23. The first-order chi connectivity index (χ1) is 7.60. The Bertz CT molecular complexity index is 332. The van der Waals surface area contributed by atoms with E-state index in [4.69, 9.17) is 16.7 Å². The molecule has 1 heterocycles. The van der Waals surface area contributed by atoms with Crippen LogP contribution in [-0.2, 0) is 13.6 Å². The van der Waals surface area contributed by atoms with Gasteiger partial charge in [0.25, 0.3) is 0 Å². The predicted molar refractivity (Wildman–Crippen MR) is 65.6 cm³/mol. The van der Waals surface area contributed by atoms with Crippen molar-refractivity contribution in [3.05, 3.63) is 16.4 Å². The van der Waals surface area contributed by atoms with E-state index in [1.54, 1.807) is 4.68 Å². The van der Waals surface area contributed by atoms with Gasteiger partial charge in [0.05, 0.1) is 12.3 Å². The van der Waals surface area contributed by atoms with Gasteiger partial charge in [0.15, 0.2) is 0 Å². The van der Waals surface area contributed by atoms with Gasteiger partial charge in [-0.05, 0) is 19.9 Å². The number of aromatic nitrogens is 2. The number of hydrogen-bond donors (Lipinski definition) is 1. The van der Waals surface area contributed by atoms with Crippen LogP contribution in [-0.4, -0.2) is 39.5 Å². The van der Waals surface area contributed by atoms with E-state index in [9.17, 15) is 0 Å². The number of aliphatic hydroxyl groups excluding tert-OH is 1. The summed E-state index contributed by atoms with van der Waals surface area (Å²) in [6, 6.07) is 0. The second-order valence-electron chi connectivity index (χ2n) is 3.98. The van der Waals surface area contributed by atoms with Crippen LogP contribution in [0.15, 0.2) is 0 Å². The van der Waals surface area contributed by atoms with Gasteiger partial charge < -0.3 is 5.11 Å². The smallest absolute Gasteiger partial charge is 0.131 e. The molecule has 92 valence electrons. The quantitative estimate of drug-likeness (QED) is 0.828. The van der Waals surface area contributed by atoms with E-state index in [-0.39, 0.29) is 6.61 Å². The van der Waals surface area contributed by atoms with E-state index in [0.29, 0.717) is 11.7 Å². The van der Waals surface area contributed by atoms with Crippen LogP contribution in [0, 0.1) is 6.92 Å². The predicted octanol–water partition coefficient (Wildman–Crippen LogP) is 1.59. The molecule has 0 aliphatic heterocycles. The zero-order valence-corrected chi connectivity index (χ0v) is 11.0. The minimum atomic E-state index is 0.178. The van der Waals surface area contributed by atoms with Crippen molar-refractivity contribution in [2.75, 3.05) is 19.7 Å². The zero-order valence-electron chi connectivity index (χ0n) is 10.2. The van der Waals surface area contributed by atoms with Crippen LogP contribution in [0.25, 0.3) is 0 Å². The zero-order chi connectivity index (χ0) is 12.1. The Labute approximate surface area is 102 Å². The van der Waals surface area contributed by atoms with Crippen molar-refractivity contribution in [2.45, 2.75) is 26.8 Å². The van der Waals surface area contributed by atoms with Crippen LogP contribution >= 0.6 is 11.6 Å². The minimum Gasteiger partial charge on any atom is -0.395 e. The first kappa shape index (κ1) is 13.5. The highest BCUT2D eigenvalue weighted by atomic mass is 35.5. The average Bonchev–Trinajstić information content (AvgIpc) is 2.46. The molecule has 0 aliphatic rings. The van der Waals surface area contributed by atoms with Crippen molar-refractivity contribution in [2.24, 2.45) is 7.05 Å². The largest absolute Gasteiger partial charge is 0.395 e. The van der Waals surface area contributed by atoms with E-state index in [0.717, 1.165) is 30.8 Å². The molecule has 0 amide bonds. The Balaban J connectivity index is 2.76. The highest BCUT2D eigenvalue weighted by Crippen LogP contribution is 2.20. The van der Waals surface area contributed by atoms with Crippen molar-refractivity contribution in [1.29, 1.82) is 0 Å². The minimum absolute atomic E-state index is 0.178. The third-order valence-corrected chi connectivity index (χ3v) is 3.08. The van der Waals surface area contributed by atoms with Crippen molar-refractivity contribution >= 4 is 11.6 Å². The monoisotopic (exact) mass is 245 g/mol. The van der Waals surface area contributed by atoms with E-state index < -0.39 is 0 Å². The van der Waals surface area contributed by atoms with Gasteiger partial charge in [0.1, 0.15) is 5.15 Å². The molecule has 1 aromatic rings. The fraction of sp³-hybridized carbons (Fsp3) is 0.727. The van der Waals surface area contributed by atoms with Gasteiger partial charge in [0, 0.05) is 25.7 Å². The number of nitrogens with zero attached hydrogens (tertiary/aromatic N) is 3. The highest BCUT2D eigenvalue weighted by molar-refractivity contribution is 6.30. The third kappa shape index (κ3) is 3.20. The molecule has 1 N–H and O–H groups in total. The number of rotatable bonds is 6. The molecule has 0 spiro atoms. The van der Waals surface area contributed by atoms with E-state index >= 15 is 0 Å². The van der Waals surface area contributed by atoms with E-state index in [1.807, 2.05) is 14.0 Å². The van der Waals surface area contributed by atoms with Crippen LogP contribution < -0.4 is 0 Å². The summed E-state index contributed by atoms with van der Waals surface area (Å²) in [6.07, 6.45) is 1.07. The van der Waals surface area contributed by atoms with Crippen LogP contribution in [0.2, 0.25) is 5.15 Å². The number of aryl methyl sites for hydroxylation is 2.